The SMILES string of the molecule is O=C(N1CC(S(=O)(=O)C2CCCCC2)C1)C(F)(F)C(F)(F)F. The van der Waals surface area contributed by atoms with Crippen molar-refractivity contribution in [3.8, 4) is 0 Å². The van der Waals surface area contributed by atoms with Gasteiger partial charge in [0.25, 0.3) is 0 Å². The number of sulfone groups is 1. The van der Waals surface area contributed by atoms with Gasteiger partial charge in [-0.2, -0.15) is 22.0 Å². The number of rotatable bonds is 3. The van der Waals surface area contributed by atoms with Crippen molar-refractivity contribution in [2.24, 2.45) is 0 Å². The van der Waals surface area contributed by atoms with Crippen LogP contribution in [0.4, 0.5) is 22.0 Å². The fraction of sp³-hybridized carbons (Fsp3) is 0.917. The summed E-state index contributed by atoms with van der Waals surface area (Å²) < 4.78 is 86.6. The number of alkyl halides is 5. The summed E-state index contributed by atoms with van der Waals surface area (Å²) in [5.41, 5.74) is 0. The molecule has 10 heteroatoms. The number of hydrogen-bond donors (Lipinski definition) is 0. The van der Waals surface area contributed by atoms with Gasteiger partial charge in [0.15, 0.2) is 9.84 Å². The second-order valence-corrected chi connectivity index (χ2v) is 8.26. The number of hydrogen-bond acceptors (Lipinski definition) is 3. The molecule has 0 atom stereocenters. The Morgan fingerprint density at radius 1 is 0.909 bits per heavy atom. The van der Waals surface area contributed by atoms with Crippen molar-refractivity contribution >= 4 is 15.7 Å². The molecule has 128 valence electrons. The second-order valence-electron chi connectivity index (χ2n) is 5.75. The van der Waals surface area contributed by atoms with Gasteiger partial charge >= 0.3 is 18.0 Å². The number of halogens is 5. The van der Waals surface area contributed by atoms with Crippen molar-refractivity contribution in [3.63, 3.8) is 0 Å². The van der Waals surface area contributed by atoms with Gasteiger partial charge in [-0.1, -0.05) is 19.3 Å². The molecule has 1 amide bonds. The lowest BCUT2D eigenvalue weighted by atomic mass is 10.0. The van der Waals surface area contributed by atoms with Crippen molar-refractivity contribution in [2.45, 2.75) is 54.7 Å². The zero-order valence-corrected chi connectivity index (χ0v) is 12.4. The first kappa shape index (κ1) is 17.4. The van der Waals surface area contributed by atoms with Gasteiger partial charge in [-0.15, -0.1) is 0 Å². The smallest absolute Gasteiger partial charge is 0.334 e. The summed E-state index contributed by atoms with van der Waals surface area (Å²) in [5.74, 6) is -7.86. The van der Waals surface area contributed by atoms with Crippen LogP contribution in [-0.4, -0.2) is 54.9 Å². The summed E-state index contributed by atoms with van der Waals surface area (Å²) in [6.07, 6.45) is -2.58. The molecule has 0 radical (unpaired) electrons. The lowest BCUT2D eigenvalue weighted by molar-refractivity contribution is -0.275. The number of carbonyl (C=O) groups is 1. The maximum atomic E-state index is 12.9. The first-order valence-electron chi connectivity index (χ1n) is 6.94. The van der Waals surface area contributed by atoms with Gasteiger partial charge < -0.3 is 4.90 Å². The third kappa shape index (κ3) is 2.93. The predicted molar refractivity (Wildman–Crippen MR) is 67.2 cm³/mol. The van der Waals surface area contributed by atoms with Crippen LogP contribution in [0.2, 0.25) is 0 Å². The molecule has 0 N–H and O–H groups in total. The van der Waals surface area contributed by atoms with Crippen molar-refractivity contribution in [1.29, 1.82) is 0 Å². The molecule has 1 heterocycles. The van der Waals surface area contributed by atoms with E-state index in [9.17, 15) is 35.2 Å². The van der Waals surface area contributed by atoms with E-state index in [1.165, 1.54) is 0 Å². The first-order valence-corrected chi connectivity index (χ1v) is 8.55. The predicted octanol–water partition coefficient (Wildman–Crippen LogP) is 2.14. The van der Waals surface area contributed by atoms with Crippen LogP contribution in [0.5, 0.6) is 0 Å². The summed E-state index contributed by atoms with van der Waals surface area (Å²) in [5, 5.41) is -1.62. The molecule has 0 unspecified atom stereocenters. The van der Waals surface area contributed by atoms with E-state index in [1.807, 2.05) is 0 Å². The van der Waals surface area contributed by atoms with E-state index in [0.29, 0.717) is 12.8 Å². The highest BCUT2D eigenvalue weighted by atomic mass is 32.2. The second kappa shape index (κ2) is 5.61. The van der Waals surface area contributed by atoms with E-state index >= 15 is 0 Å². The lowest BCUT2D eigenvalue weighted by Gasteiger charge is -2.42. The molecule has 1 aliphatic carbocycles. The van der Waals surface area contributed by atoms with E-state index in [1.54, 1.807) is 0 Å². The molecule has 1 saturated heterocycles. The largest absolute Gasteiger partial charge is 0.463 e. The van der Waals surface area contributed by atoms with Crippen molar-refractivity contribution in [3.05, 3.63) is 0 Å². The minimum atomic E-state index is -5.97. The van der Waals surface area contributed by atoms with E-state index < -0.39 is 51.4 Å². The minimum Gasteiger partial charge on any atom is -0.334 e. The fourth-order valence-corrected chi connectivity index (χ4v) is 5.11. The van der Waals surface area contributed by atoms with Gasteiger partial charge in [0.05, 0.1) is 10.5 Å². The zero-order chi connectivity index (χ0) is 16.8. The Kier molecular flexibility index (Phi) is 4.44. The topological polar surface area (TPSA) is 54.5 Å². The minimum absolute atomic E-state index is 0.262. The number of amides is 1. The summed E-state index contributed by atoms with van der Waals surface area (Å²) in [4.78, 5) is 11.5. The van der Waals surface area contributed by atoms with Gasteiger partial charge in [0.1, 0.15) is 0 Å². The van der Waals surface area contributed by atoms with Gasteiger partial charge in [-0.05, 0) is 12.8 Å². The van der Waals surface area contributed by atoms with E-state index in [-0.39, 0.29) is 4.90 Å². The van der Waals surface area contributed by atoms with Gasteiger partial charge in [-0.3, -0.25) is 4.79 Å². The first-order chi connectivity index (χ1) is 9.98. The third-order valence-electron chi connectivity index (χ3n) is 4.24. The summed E-state index contributed by atoms with van der Waals surface area (Å²) in [6, 6.07) is 0. The Morgan fingerprint density at radius 3 is 1.86 bits per heavy atom. The molecule has 2 fully saturated rings. The van der Waals surface area contributed by atoms with Crippen LogP contribution < -0.4 is 0 Å². The molecule has 22 heavy (non-hydrogen) atoms. The van der Waals surface area contributed by atoms with Crippen LogP contribution in [0, 0.1) is 0 Å². The molecule has 2 rings (SSSR count). The molecule has 0 aromatic rings. The van der Waals surface area contributed by atoms with Gasteiger partial charge in [0.2, 0.25) is 0 Å². The van der Waals surface area contributed by atoms with Crippen LogP contribution in [0.1, 0.15) is 32.1 Å². The Labute approximate surface area is 124 Å². The highest BCUT2D eigenvalue weighted by Gasteiger charge is 2.66. The van der Waals surface area contributed by atoms with E-state index in [4.69, 9.17) is 0 Å². The Balaban J connectivity index is 1.98. The monoisotopic (exact) mass is 349 g/mol. The molecular formula is C12H16F5NO3S. The maximum Gasteiger partial charge on any atom is 0.463 e. The average molecular weight is 349 g/mol. The third-order valence-corrected chi connectivity index (χ3v) is 6.87. The van der Waals surface area contributed by atoms with Crippen LogP contribution >= 0.6 is 0 Å². The molecule has 1 aliphatic heterocycles. The van der Waals surface area contributed by atoms with Crippen molar-refractivity contribution < 1.29 is 35.2 Å². The molecule has 0 bridgehead atoms. The quantitative estimate of drug-likeness (QED) is 0.734. The van der Waals surface area contributed by atoms with E-state index in [0.717, 1.165) is 19.3 Å². The number of nitrogens with zero attached hydrogens (tertiary/aromatic N) is 1. The molecule has 4 nitrogen and oxygen atoms in total. The van der Waals surface area contributed by atoms with E-state index in [2.05, 4.69) is 0 Å². The Bertz CT molecular complexity index is 533. The van der Waals surface area contributed by atoms with Crippen molar-refractivity contribution in [1.82, 2.24) is 4.90 Å². The highest BCUT2D eigenvalue weighted by Crippen LogP contribution is 2.39. The van der Waals surface area contributed by atoms with Crippen LogP contribution in [0.3, 0.4) is 0 Å². The molecule has 0 spiro atoms. The van der Waals surface area contributed by atoms with Gasteiger partial charge in [-0.25, -0.2) is 8.42 Å². The summed E-state index contributed by atoms with van der Waals surface area (Å²) >= 11 is 0. The molecule has 0 aromatic carbocycles. The van der Waals surface area contributed by atoms with Crippen molar-refractivity contribution in [2.75, 3.05) is 13.1 Å². The van der Waals surface area contributed by atoms with Crippen LogP contribution in [-0.2, 0) is 14.6 Å². The maximum absolute atomic E-state index is 12.9. The molecular weight excluding hydrogens is 333 g/mol. The Morgan fingerprint density at radius 2 is 1.41 bits per heavy atom. The zero-order valence-electron chi connectivity index (χ0n) is 11.6. The van der Waals surface area contributed by atoms with Crippen LogP contribution in [0.25, 0.3) is 0 Å². The fourth-order valence-electron chi connectivity index (χ4n) is 2.80. The molecule has 1 saturated carbocycles. The lowest BCUT2D eigenvalue weighted by Crippen LogP contribution is -2.64. The molecule has 0 aromatic heterocycles. The molecule has 2 aliphatic rings. The number of carbonyl (C=O) groups excluding carboxylic acids is 1. The standard InChI is InChI=1S/C12H16F5NO3S/c13-11(14,12(15,16)17)10(19)18-6-9(7-18)22(20,21)8-4-2-1-3-5-8/h8-9H,1-7H2. The summed E-state index contributed by atoms with van der Waals surface area (Å²) in [6.45, 7) is -1.19. The average Bonchev–Trinajstić information content (AvgIpc) is 2.36. The van der Waals surface area contributed by atoms with Gasteiger partial charge in [0, 0.05) is 13.1 Å². The normalized spacial score (nSPS) is 22.5. The Hall–Kier alpha value is -0.930. The van der Waals surface area contributed by atoms with Crippen LogP contribution in [0.15, 0.2) is 0 Å². The summed E-state index contributed by atoms with van der Waals surface area (Å²) in [7, 11) is -3.59. The number of likely N-dealkylation sites (tertiary alicyclic amines) is 1. The highest BCUT2D eigenvalue weighted by molar-refractivity contribution is 7.92.